The summed E-state index contributed by atoms with van der Waals surface area (Å²) in [5.41, 5.74) is 8.29. The van der Waals surface area contributed by atoms with Gasteiger partial charge in [-0.2, -0.15) is 0 Å². The van der Waals surface area contributed by atoms with Crippen molar-refractivity contribution in [2.45, 2.75) is 12.5 Å². The van der Waals surface area contributed by atoms with E-state index in [1.807, 2.05) is 23.1 Å². The Morgan fingerprint density at radius 1 is 1.43 bits per heavy atom. The number of fused-ring (bicyclic) bond motifs is 1. The maximum absolute atomic E-state index is 12.3. The van der Waals surface area contributed by atoms with E-state index in [1.165, 1.54) is 5.56 Å². The molecule has 2 nitrogen and oxygen atoms in total. The van der Waals surface area contributed by atoms with Gasteiger partial charge in [-0.15, -0.1) is 0 Å². The van der Waals surface area contributed by atoms with Gasteiger partial charge in [0.15, 0.2) is 0 Å². The highest BCUT2D eigenvalue weighted by Crippen LogP contribution is 2.25. The predicted molar refractivity (Wildman–Crippen MR) is 56.3 cm³/mol. The SMILES string of the molecule is NC1Cc2ccccc2N(CCF)C1. The van der Waals surface area contributed by atoms with Crippen LogP contribution in [0.3, 0.4) is 0 Å². The van der Waals surface area contributed by atoms with E-state index < -0.39 is 0 Å². The van der Waals surface area contributed by atoms with Crippen molar-refractivity contribution in [3.63, 3.8) is 0 Å². The fraction of sp³-hybridized carbons (Fsp3) is 0.455. The van der Waals surface area contributed by atoms with Crippen LogP contribution in [0.2, 0.25) is 0 Å². The van der Waals surface area contributed by atoms with Crippen LogP contribution in [0.25, 0.3) is 0 Å². The third-order valence-electron chi connectivity index (χ3n) is 2.62. The molecule has 14 heavy (non-hydrogen) atoms. The van der Waals surface area contributed by atoms with Crippen LogP contribution in [0, 0.1) is 0 Å². The largest absolute Gasteiger partial charge is 0.367 e. The maximum Gasteiger partial charge on any atom is 0.107 e. The number of nitrogens with two attached hydrogens (primary N) is 1. The predicted octanol–water partition coefficient (Wildman–Crippen LogP) is 1.35. The number of alkyl halides is 1. The first kappa shape index (κ1) is 9.46. The van der Waals surface area contributed by atoms with Gasteiger partial charge in [-0.3, -0.25) is 0 Å². The van der Waals surface area contributed by atoms with Gasteiger partial charge in [0, 0.05) is 24.8 Å². The van der Waals surface area contributed by atoms with Crippen molar-refractivity contribution in [3.05, 3.63) is 29.8 Å². The number of halogens is 1. The number of anilines is 1. The molecule has 2 N–H and O–H groups in total. The van der Waals surface area contributed by atoms with E-state index >= 15 is 0 Å². The van der Waals surface area contributed by atoms with Crippen molar-refractivity contribution < 1.29 is 4.39 Å². The van der Waals surface area contributed by atoms with Gasteiger partial charge in [0.25, 0.3) is 0 Å². The Balaban J connectivity index is 2.28. The molecule has 0 saturated heterocycles. The molecule has 1 aliphatic heterocycles. The molecule has 1 unspecified atom stereocenters. The summed E-state index contributed by atoms with van der Waals surface area (Å²) in [7, 11) is 0. The molecule has 1 aliphatic rings. The summed E-state index contributed by atoms with van der Waals surface area (Å²) in [5, 5.41) is 0. The van der Waals surface area contributed by atoms with Crippen LogP contribution in [-0.4, -0.2) is 25.8 Å². The zero-order valence-electron chi connectivity index (χ0n) is 8.12. The van der Waals surface area contributed by atoms with E-state index in [2.05, 4.69) is 6.07 Å². The van der Waals surface area contributed by atoms with Crippen molar-refractivity contribution in [1.29, 1.82) is 0 Å². The Morgan fingerprint density at radius 3 is 3.00 bits per heavy atom. The lowest BCUT2D eigenvalue weighted by Gasteiger charge is -2.33. The lowest BCUT2D eigenvalue weighted by atomic mass is 9.99. The van der Waals surface area contributed by atoms with Crippen LogP contribution in [-0.2, 0) is 6.42 Å². The summed E-state index contributed by atoms with van der Waals surface area (Å²) in [6, 6.07) is 8.23. The lowest BCUT2D eigenvalue weighted by molar-refractivity contribution is 0.476. The number of para-hydroxylation sites is 1. The van der Waals surface area contributed by atoms with E-state index in [4.69, 9.17) is 5.73 Å². The maximum atomic E-state index is 12.3. The van der Waals surface area contributed by atoms with E-state index in [-0.39, 0.29) is 12.7 Å². The summed E-state index contributed by atoms with van der Waals surface area (Å²) in [4.78, 5) is 2.03. The molecule has 2 rings (SSSR count). The van der Waals surface area contributed by atoms with Crippen LogP contribution >= 0.6 is 0 Å². The highest BCUT2D eigenvalue weighted by Gasteiger charge is 2.20. The van der Waals surface area contributed by atoms with Crippen LogP contribution in [0.5, 0.6) is 0 Å². The summed E-state index contributed by atoms with van der Waals surface area (Å²) in [6.07, 6.45) is 0.902. The Hall–Kier alpha value is -1.09. The van der Waals surface area contributed by atoms with E-state index in [0.29, 0.717) is 6.54 Å². The fourth-order valence-corrected chi connectivity index (χ4v) is 2.03. The van der Waals surface area contributed by atoms with Gasteiger partial charge in [-0.05, 0) is 18.1 Å². The number of hydrogen-bond donors (Lipinski definition) is 1. The third kappa shape index (κ3) is 1.73. The summed E-state index contributed by atoms with van der Waals surface area (Å²) in [5.74, 6) is 0. The molecule has 1 heterocycles. The smallest absolute Gasteiger partial charge is 0.107 e. The van der Waals surface area contributed by atoms with Crippen molar-refractivity contribution in [2.75, 3.05) is 24.7 Å². The molecule has 0 radical (unpaired) electrons. The average molecular weight is 194 g/mol. The number of benzene rings is 1. The minimum atomic E-state index is -0.318. The Morgan fingerprint density at radius 2 is 2.21 bits per heavy atom. The van der Waals surface area contributed by atoms with Crippen molar-refractivity contribution in [1.82, 2.24) is 0 Å². The molecule has 0 aromatic heterocycles. The molecular weight excluding hydrogens is 179 g/mol. The monoisotopic (exact) mass is 194 g/mol. The molecule has 76 valence electrons. The van der Waals surface area contributed by atoms with Gasteiger partial charge in [-0.25, -0.2) is 4.39 Å². The zero-order chi connectivity index (χ0) is 9.97. The number of rotatable bonds is 2. The van der Waals surface area contributed by atoms with E-state index in [0.717, 1.165) is 18.7 Å². The number of hydrogen-bond acceptors (Lipinski definition) is 2. The van der Waals surface area contributed by atoms with E-state index in [9.17, 15) is 4.39 Å². The molecule has 0 fully saturated rings. The van der Waals surface area contributed by atoms with Gasteiger partial charge < -0.3 is 10.6 Å². The molecule has 0 saturated carbocycles. The second-order valence-electron chi connectivity index (χ2n) is 3.73. The standard InChI is InChI=1S/C11H15FN2/c12-5-6-14-8-10(13)7-9-3-1-2-4-11(9)14/h1-4,10H,5-8,13H2. The van der Waals surface area contributed by atoms with Crippen LogP contribution in [0.15, 0.2) is 24.3 Å². The Kier molecular flexibility index (Phi) is 2.68. The molecule has 1 atom stereocenters. The summed E-state index contributed by atoms with van der Waals surface area (Å²) < 4.78 is 12.3. The van der Waals surface area contributed by atoms with Crippen molar-refractivity contribution >= 4 is 5.69 Å². The highest BCUT2D eigenvalue weighted by atomic mass is 19.1. The summed E-state index contributed by atoms with van der Waals surface area (Å²) in [6.45, 7) is 0.896. The zero-order valence-corrected chi connectivity index (χ0v) is 8.12. The minimum Gasteiger partial charge on any atom is -0.367 e. The van der Waals surface area contributed by atoms with Crippen molar-refractivity contribution in [2.24, 2.45) is 5.73 Å². The van der Waals surface area contributed by atoms with E-state index in [1.54, 1.807) is 0 Å². The van der Waals surface area contributed by atoms with Gasteiger partial charge in [0.2, 0.25) is 0 Å². The van der Waals surface area contributed by atoms with Crippen LogP contribution < -0.4 is 10.6 Å². The molecule has 0 bridgehead atoms. The first-order valence-electron chi connectivity index (χ1n) is 4.95. The van der Waals surface area contributed by atoms with Gasteiger partial charge >= 0.3 is 0 Å². The second-order valence-corrected chi connectivity index (χ2v) is 3.73. The molecule has 3 heteroatoms. The Labute approximate surface area is 83.5 Å². The van der Waals surface area contributed by atoms with Gasteiger partial charge in [0.1, 0.15) is 6.67 Å². The highest BCUT2D eigenvalue weighted by molar-refractivity contribution is 5.56. The molecular formula is C11H15FN2. The third-order valence-corrected chi connectivity index (χ3v) is 2.62. The molecule has 0 aliphatic carbocycles. The number of nitrogens with zero attached hydrogens (tertiary/aromatic N) is 1. The first-order chi connectivity index (χ1) is 6.81. The van der Waals surface area contributed by atoms with Gasteiger partial charge in [-0.1, -0.05) is 18.2 Å². The molecule has 0 spiro atoms. The van der Waals surface area contributed by atoms with Crippen LogP contribution in [0.1, 0.15) is 5.56 Å². The quantitative estimate of drug-likeness (QED) is 0.770. The normalized spacial score (nSPS) is 20.7. The minimum absolute atomic E-state index is 0.136. The molecule has 1 aromatic carbocycles. The molecule has 1 aromatic rings. The lowest BCUT2D eigenvalue weighted by Crippen LogP contribution is -2.44. The van der Waals surface area contributed by atoms with Crippen LogP contribution in [0.4, 0.5) is 10.1 Å². The second kappa shape index (κ2) is 3.96. The topological polar surface area (TPSA) is 29.3 Å². The van der Waals surface area contributed by atoms with Gasteiger partial charge in [0.05, 0.1) is 0 Å². The summed E-state index contributed by atoms with van der Waals surface area (Å²) >= 11 is 0. The van der Waals surface area contributed by atoms with Crippen molar-refractivity contribution in [3.8, 4) is 0 Å². The fourth-order valence-electron chi connectivity index (χ4n) is 2.03. The first-order valence-corrected chi connectivity index (χ1v) is 4.95. The Bertz CT molecular complexity index is 314. The average Bonchev–Trinajstić information content (AvgIpc) is 2.18. The molecule has 0 amide bonds.